The summed E-state index contributed by atoms with van der Waals surface area (Å²) in [6.07, 6.45) is 0.437. The van der Waals surface area contributed by atoms with E-state index >= 15 is 0 Å². The summed E-state index contributed by atoms with van der Waals surface area (Å²) in [5.41, 5.74) is 2.64. The van der Waals surface area contributed by atoms with E-state index in [2.05, 4.69) is 4.98 Å². The highest BCUT2D eigenvalue weighted by Crippen LogP contribution is 2.26. The molecule has 0 N–H and O–H groups in total. The summed E-state index contributed by atoms with van der Waals surface area (Å²) in [6.45, 7) is 2.34. The number of hydrogen-bond donors (Lipinski definition) is 0. The first-order chi connectivity index (χ1) is 13.5. The Bertz CT molecular complexity index is 960. The molecule has 2 aromatic carbocycles. The van der Waals surface area contributed by atoms with Crippen molar-refractivity contribution in [3.8, 4) is 5.75 Å². The summed E-state index contributed by atoms with van der Waals surface area (Å²) in [6, 6.07) is 16.7. The second kappa shape index (κ2) is 9.33. The summed E-state index contributed by atoms with van der Waals surface area (Å²) in [5.74, 6) is -0.0937. The van der Waals surface area contributed by atoms with Crippen LogP contribution in [0.2, 0.25) is 5.02 Å². The SMILES string of the molecule is CCOC(=O)c1cccc(Cc2cc(Cl)ccc2OCc2ccc(F)cc2)n1. The molecule has 28 heavy (non-hydrogen) atoms. The number of hydrogen-bond acceptors (Lipinski definition) is 4. The molecule has 0 amide bonds. The third-order valence-electron chi connectivity index (χ3n) is 3.99. The lowest BCUT2D eigenvalue weighted by Crippen LogP contribution is -2.08. The molecule has 1 aromatic heterocycles. The summed E-state index contributed by atoms with van der Waals surface area (Å²) in [4.78, 5) is 16.3. The number of carbonyl (C=O) groups is 1. The van der Waals surface area contributed by atoms with Crippen LogP contribution in [0, 0.1) is 5.82 Å². The maximum atomic E-state index is 13.0. The van der Waals surface area contributed by atoms with Gasteiger partial charge in [-0.05, 0) is 55.0 Å². The van der Waals surface area contributed by atoms with Crippen LogP contribution in [0.25, 0.3) is 0 Å². The maximum absolute atomic E-state index is 13.0. The molecule has 0 aliphatic carbocycles. The van der Waals surface area contributed by atoms with Gasteiger partial charge in [-0.15, -0.1) is 0 Å². The fourth-order valence-corrected chi connectivity index (χ4v) is 2.86. The molecule has 6 heteroatoms. The Morgan fingerprint density at radius 2 is 1.89 bits per heavy atom. The van der Waals surface area contributed by atoms with Gasteiger partial charge in [-0.3, -0.25) is 0 Å². The largest absolute Gasteiger partial charge is 0.489 e. The predicted octanol–water partition coefficient (Wildman–Crippen LogP) is 5.22. The van der Waals surface area contributed by atoms with Crippen LogP contribution in [-0.4, -0.2) is 17.6 Å². The molecule has 1 heterocycles. The van der Waals surface area contributed by atoms with Crippen molar-refractivity contribution in [1.82, 2.24) is 4.98 Å². The minimum atomic E-state index is -0.455. The van der Waals surface area contributed by atoms with Crippen LogP contribution < -0.4 is 4.74 Å². The molecule has 0 saturated heterocycles. The standard InChI is InChI=1S/C22H19ClFNO3/c1-2-27-22(26)20-5-3-4-19(25-20)13-16-12-17(23)8-11-21(16)28-14-15-6-9-18(24)10-7-15/h3-12H,2,13-14H2,1H3. The number of carbonyl (C=O) groups excluding carboxylic acids is 1. The van der Waals surface area contributed by atoms with Crippen molar-refractivity contribution in [2.45, 2.75) is 20.0 Å². The van der Waals surface area contributed by atoms with Gasteiger partial charge in [-0.25, -0.2) is 14.2 Å². The normalized spacial score (nSPS) is 10.5. The highest BCUT2D eigenvalue weighted by atomic mass is 35.5. The highest BCUT2D eigenvalue weighted by Gasteiger charge is 2.12. The lowest BCUT2D eigenvalue weighted by Gasteiger charge is -2.12. The highest BCUT2D eigenvalue weighted by molar-refractivity contribution is 6.30. The van der Waals surface area contributed by atoms with Crippen molar-refractivity contribution in [2.75, 3.05) is 6.61 Å². The molecule has 0 bridgehead atoms. The maximum Gasteiger partial charge on any atom is 0.356 e. The number of halogens is 2. The Hall–Kier alpha value is -2.92. The van der Waals surface area contributed by atoms with Gasteiger partial charge in [0.2, 0.25) is 0 Å². The fourth-order valence-electron chi connectivity index (χ4n) is 2.66. The summed E-state index contributed by atoms with van der Waals surface area (Å²) in [7, 11) is 0. The number of nitrogens with zero attached hydrogens (tertiary/aromatic N) is 1. The van der Waals surface area contributed by atoms with Crippen LogP contribution in [0.15, 0.2) is 60.7 Å². The average Bonchev–Trinajstić information content (AvgIpc) is 2.69. The first-order valence-electron chi connectivity index (χ1n) is 8.84. The van der Waals surface area contributed by atoms with E-state index in [4.69, 9.17) is 21.1 Å². The van der Waals surface area contributed by atoms with Crippen molar-refractivity contribution >= 4 is 17.6 Å². The molecule has 144 valence electrons. The Labute approximate surface area is 167 Å². The number of rotatable bonds is 7. The van der Waals surface area contributed by atoms with E-state index in [1.165, 1.54) is 12.1 Å². The van der Waals surface area contributed by atoms with E-state index in [9.17, 15) is 9.18 Å². The number of aromatic nitrogens is 1. The van der Waals surface area contributed by atoms with Gasteiger partial charge in [-0.1, -0.05) is 29.8 Å². The van der Waals surface area contributed by atoms with Gasteiger partial charge >= 0.3 is 5.97 Å². The van der Waals surface area contributed by atoms with Gasteiger partial charge in [0, 0.05) is 22.7 Å². The monoisotopic (exact) mass is 399 g/mol. The van der Waals surface area contributed by atoms with E-state index in [1.54, 1.807) is 49.4 Å². The minimum Gasteiger partial charge on any atom is -0.489 e. The van der Waals surface area contributed by atoms with Crippen molar-refractivity contribution in [3.63, 3.8) is 0 Å². The Morgan fingerprint density at radius 3 is 2.64 bits per heavy atom. The average molecular weight is 400 g/mol. The molecule has 0 radical (unpaired) electrons. The lowest BCUT2D eigenvalue weighted by atomic mass is 10.1. The third kappa shape index (κ3) is 5.30. The van der Waals surface area contributed by atoms with E-state index in [-0.39, 0.29) is 11.5 Å². The molecule has 0 saturated carbocycles. The lowest BCUT2D eigenvalue weighted by molar-refractivity contribution is 0.0519. The van der Waals surface area contributed by atoms with E-state index in [0.29, 0.717) is 36.1 Å². The van der Waals surface area contributed by atoms with Gasteiger partial charge in [0.25, 0.3) is 0 Å². The molecule has 0 aliphatic heterocycles. The molecule has 0 atom stereocenters. The second-order valence-electron chi connectivity index (χ2n) is 6.08. The molecular weight excluding hydrogens is 381 g/mol. The van der Waals surface area contributed by atoms with Crippen LogP contribution in [0.4, 0.5) is 4.39 Å². The number of benzene rings is 2. The number of ether oxygens (including phenoxy) is 2. The molecule has 0 unspecified atom stereocenters. The van der Waals surface area contributed by atoms with Crippen LogP contribution in [0.1, 0.15) is 34.2 Å². The molecular formula is C22H19ClFNO3. The van der Waals surface area contributed by atoms with Crippen molar-refractivity contribution < 1.29 is 18.7 Å². The van der Waals surface area contributed by atoms with Gasteiger partial charge in [0.05, 0.1) is 6.61 Å². The molecule has 3 aromatic rings. The van der Waals surface area contributed by atoms with E-state index in [0.717, 1.165) is 11.1 Å². The quantitative estimate of drug-likeness (QED) is 0.511. The molecule has 0 fully saturated rings. The van der Waals surface area contributed by atoms with Gasteiger partial charge in [0.15, 0.2) is 0 Å². The predicted molar refractivity (Wildman–Crippen MR) is 105 cm³/mol. The molecule has 0 spiro atoms. The molecule has 0 aliphatic rings. The molecule has 4 nitrogen and oxygen atoms in total. The fraction of sp³-hybridized carbons (Fsp3) is 0.182. The van der Waals surface area contributed by atoms with Gasteiger partial charge in [0.1, 0.15) is 23.9 Å². The first kappa shape index (κ1) is 19.8. The third-order valence-corrected chi connectivity index (χ3v) is 4.23. The summed E-state index contributed by atoms with van der Waals surface area (Å²) in [5, 5.41) is 0.575. The van der Waals surface area contributed by atoms with Crippen molar-refractivity contribution in [3.05, 3.63) is 94.0 Å². The zero-order chi connectivity index (χ0) is 19.9. The zero-order valence-corrected chi connectivity index (χ0v) is 16.1. The Kier molecular flexibility index (Phi) is 6.61. The van der Waals surface area contributed by atoms with E-state index < -0.39 is 5.97 Å². The van der Waals surface area contributed by atoms with Crippen LogP contribution in [-0.2, 0) is 17.8 Å². The van der Waals surface area contributed by atoms with Gasteiger partial charge in [-0.2, -0.15) is 0 Å². The van der Waals surface area contributed by atoms with Crippen LogP contribution >= 0.6 is 11.6 Å². The van der Waals surface area contributed by atoms with Crippen LogP contribution in [0.3, 0.4) is 0 Å². The smallest absolute Gasteiger partial charge is 0.356 e. The summed E-state index contributed by atoms with van der Waals surface area (Å²) < 4.78 is 23.9. The van der Waals surface area contributed by atoms with Crippen molar-refractivity contribution in [1.29, 1.82) is 0 Å². The second-order valence-corrected chi connectivity index (χ2v) is 6.52. The number of esters is 1. The summed E-state index contributed by atoms with van der Waals surface area (Å²) >= 11 is 6.15. The van der Waals surface area contributed by atoms with Gasteiger partial charge < -0.3 is 9.47 Å². The minimum absolute atomic E-state index is 0.259. The Balaban J connectivity index is 1.78. The topological polar surface area (TPSA) is 48.4 Å². The number of pyridine rings is 1. The zero-order valence-electron chi connectivity index (χ0n) is 15.3. The van der Waals surface area contributed by atoms with E-state index in [1.807, 2.05) is 6.07 Å². The van der Waals surface area contributed by atoms with Crippen LogP contribution in [0.5, 0.6) is 5.75 Å². The first-order valence-corrected chi connectivity index (χ1v) is 9.21. The Morgan fingerprint density at radius 1 is 1.11 bits per heavy atom. The molecule has 3 rings (SSSR count). The van der Waals surface area contributed by atoms with Crippen molar-refractivity contribution in [2.24, 2.45) is 0 Å².